The standard InChI is InChI=1S/C20H28N2O7S/c1-13-11-22(12-14(2)28-13)20(24)15(3)29-19(23)9-7-16-6-8-17(27-5)18(10-16)30(25,26)21-4/h6-10,13-15,21H,11-12H2,1-5H3/b9-7+. The SMILES string of the molecule is CNS(=O)(=O)c1cc(/C=C/C(=O)OC(C)C(=O)N2CC(C)OC(C)C2)ccc1OC. The molecule has 166 valence electrons. The number of esters is 1. The Bertz CT molecular complexity index is 904. The number of carbonyl (C=O) groups excluding carboxylic acids is 2. The summed E-state index contributed by atoms with van der Waals surface area (Å²) < 4.78 is 42.4. The number of methoxy groups -OCH3 is 1. The molecule has 3 unspecified atom stereocenters. The zero-order chi connectivity index (χ0) is 22.5. The molecule has 0 aromatic heterocycles. The lowest BCUT2D eigenvalue weighted by Gasteiger charge is -2.36. The van der Waals surface area contributed by atoms with Crippen LogP contribution in [-0.4, -0.2) is 70.8 Å². The summed E-state index contributed by atoms with van der Waals surface area (Å²) >= 11 is 0. The van der Waals surface area contributed by atoms with Gasteiger partial charge in [0.2, 0.25) is 10.0 Å². The number of amides is 1. The Hall–Kier alpha value is -2.43. The highest BCUT2D eigenvalue weighted by Crippen LogP contribution is 2.25. The van der Waals surface area contributed by atoms with Crippen molar-refractivity contribution in [3.8, 4) is 5.75 Å². The van der Waals surface area contributed by atoms with Crippen LogP contribution in [0.2, 0.25) is 0 Å². The first-order valence-electron chi connectivity index (χ1n) is 9.52. The number of ether oxygens (including phenoxy) is 3. The first-order chi connectivity index (χ1) is 14.1. The van der Waals surface area contributed by atoms with E-state index in [1.165, 1.54) is 39.3 Å². The third-order valence-electron chi connectivity index (χ3n) is 4.53. The summed E-state index contributed by atoms with van der Waals surface area (Å²) in [6, 6.07) is 4.46. The molecule has 30 heavy (non-hydrogen) atoms. The minimum atomic E-state index is -3.74. The van der Waals surface area contributed by atoms with E-state index in [0.717, 1.165) is 6.08 Å². The van der Waals surface area contributed by atoms with E-state index in [2.05, 4.69) is 4.72 Å². The molecule has 0 saturated carbocycles. The quantitative estimate of drug-likeness (QED) is 0.501. The van der Waals surface area contributed by atoms with Crippen molar-refractivity contribution >= 4 is 28.0 Å². The van der Waals surface area contributed by atoms with Crippen LogP contribution in [0.4, 0.5) is 0 Å². The minimum Gasteiger partial charge on any atom is -0.495 e. The molecule has 9 nitrogen and oxygen atoms in total. The molecule has 1 fully saturated rings. The van der Waals surface area contributed by atoms with E-state index in [1.807, 2.05) is 13.8 Å². The van der Waals surface area contributed by atoms with Gasteiger partial charge in [0, 0.05) is 19.2 Å². The van der Waals surface area contributed by atoms with Gasteiger partial charge < -0.3 is 19.1 Å². The predicted octanol–water partition coefficient (Wildman–Crippen LogP) is 1.18. The molecule has 0 aliphatic carbocycles. The largest absolute Gasteiger partial charge is 0.495 e. The molecule has 1 aliphatic heterocycles. The third kappa shape index (κ3) is 6.04. The highest BCUT2D eigenvalue weighted by Gasteiger charge is 2.30. The Morgan fingerprint density at radius 2 is 1.90 bits per heavy atom. The molecule has 1 aromatic rings. The number of carbonyl (C=O) groups is 2. The fourth-order valence-electron chi connectivity index (χ4n) is 3.16. The molecule has 2 rings (SSSR count). The number of hydrogen-bond donors (Lipinski definition) is 1. The summed E-state index contributed by atoms with van der Waals surface area (Å²) in [7, 11) is -1.08. The van der Waals surface area contributed by atoms with Gasteiger partial charge in [0.1, 0.15) is 10.6 Å². The third-order valence-corrected chi connectivity index (χ3v) is 5.97. The Kier molecular flexibility index (Phi) is 7.99. The fourth-order valence-corrected chi connectivity index (χ4v) is 4.09. The average Bonchev–Trinajstić information content (AvgIpc) is 2.70. The minimum absolute atomic E-state index is 0.0536. The van der Waals surface area contributed by atoms with Crippen LogP contribution in [0.1, 0.15) is 26.3 Å². The van der Waals surface area contributed by atoms with Gasteiger partial charge in [-0.15, -0.1) is 0 Å². The Morgan fingerprint density at radius 1 is 1.27 bits per heavy atom. The van der Waals surface area contributed by atoms with Crippen molar-refractivity contribution in [2.24, 2.45) is 0 Å². The predicted molar refractivity (Wildman–Crippen MR) is 110 cm³/mol. The van der Waals surface area contributed by atoms with Crippen molar-refractivity contribution in [2.45, 2.75) is 44.0 Å². The van der Waals surface area contributed by atoms with Gasteiger partial charge in [-0.1, -0.05) is 6.07 Å². The summed E-state index contributed by atoms with van der Waals surface area (Å²) in [6.45, 7) is 6.16. The maximum atomic E-state index is 12.5. The summed E-state index contributed by atoms with van der Waals surface area (Å²) in [5.74, 6) is -0.818. The van der Waals surface area contributed by atoms with E-state index in [4.69, 9.17) is 14.2 Å². The van der Waals surface area contributed by atoms with Gasteiger partial charge in [0.15, 0.2) is 6.10 Å². The molecular formula is C20H28N2O7S. The van der Waals surface area contributed by atoms with Gasteiger partial charge in [-0.25, -0.2) is 17.9 Å². The van der Waals surface area contributed by atoms with Crippen LogP contribution < -0.4 is 9.46 Å². The fraction of sp³-hybridized carbons (Fsp3) is 0.500. The van der Waals surface area contributed by atoms with Crippen molar-refractivity contribution < 1.29 is 32.2 Å². The summed E-state index contributed by atoms with van der Waals surface area (Å²) in [4.78, 5) is 26.3. The van der Waals surface area contributed by atoms with Crippen LogP contribution in [0, 0.1) is 0 Å². The zero-order valence-electron chi connectivity index (χ0n) is 17.7. The molecule has 0 bridgehead atoms. The number of rotatable bonds is 7. The van der Waals surface area contributed by atoms with Gasteiger partial charge in [0.25, 0.3) is 5.91 Å². The Morgan fingerprint density at radius 3 is 2.47 bits per heavy atom. The Labute approximate surface area is 177 Å². The second-order valence-corrected chi connectivity index (χ2v) is 8.89. The van der Waals surface area contributed by atoms with E-state index in [-0.39, 0.29) is 28.8 Å². The monoisotopic (exact) mass is 440 g/mol. The first kappa shape index (κ1) is 23.8. The van der Waals surface area contributed by atoms with Gasteiger partial charge in [-0.3, -0.25) is 4.79 Å². The van der Waals surface area contributed by atoms with E-state index >= 15 is 0 Å². The smallest absolute Gasteiger partial charge is 0.331 e. The maximum Gasteiger partial charge on any atom is 0.331 e. The van der Waals surface area contributed by atoms with Crippen molar-refractivity contribution in [1.82, 2.24) is 9.62 Å². The molecule has 10 heteroatoms. The summed E-state index contributed by atoms with van der Waals surface area (Å²) in [5, 5.41) is 0. The van der Waals surface area contributed by atoms with Crippen molar-refractivity contribution in [3.63, 3.8) is 0 Å². The van der Waals surface area contributed by atoms with E-state index in [0.29, 0.717) is 18.7 Å². The lowest BCUT2D eigenvalue weighted by atomic mass is 10.2. The van der Waals surface area contributed by atoms with Gasteiger partial charge in [-0.2, -0.15) is 0 Å². The van der Waals surface area contributed by atoms with Crippen LogP contribution in [0.15, 0.2) is 29.2 Å². The molecule has 0 spiro atoms. The number of sulfonamides is 1. The van der Waals surface area contributed by atoms with Crippen molar-refractivity contribution in [2.75, 3.05) is 27.2 Å². The van der Waals surface area contributed by atoms with E-state index in [1.54, 1.807) is 11.0 Å². The van der Waals surface area contributed by atoms with Gasteiger partial charge >= 0.3 is 5.97 Å². The lowest BCUT2D eigenvalue weighted by molar-refractivity contribution is -0.161. The van der Waals surface area contributed by atoms with Crippen LogP contribution in [-0.2, 0) is 29.1 Å². The molecule has 1 amide bonds. The lowest BCUT2D eigenvalue weighted by Crippen LogP contribution is -2.51. The molecule has 1 aliphatic rings. The zero-order valence-corrected chi connectivity index (χ0v) is 18.6. The van der Waals surface area contributed by atoms with Crippen molar-refractivity contribution in [1.29, 1.82) is 0 Å². The van der Waals surface area contributed by atoms with E-state index < -0.39 is 22.1 Å². The molecule has 0 radical (unpaired) electrons. The van der Waals surface area contributed by atoms with Crippen molar-refractivity contribution in [3.05, 3.63) is 29.8 Å². The molecule has 1 N–H and O–H groups in total. The van der Waals surface area contributed by atoms with Crippen LogP contribution in [0.5, 0.6) is 5.75 Å². The maximum absolute atomic E-state index is 12.5. The highest BCUT2D eigenvalue weighted by molar-refractivity contribution is 7.89. The molecule has 1 saturated heterocycles. The second kappa shape index (κ2) is 10.1. The van der Waals surface area contributed by atoms with Gasteiger partial charge in [0.05, 0.1) is 19.3 Å². The second-order valence-electron chi connectivity index (χ2n) is 7.03. The number of benzene rings is 1. The molecular weight excluding hydrogens is 412 g/mol. The van der Waals surface area contributed by atoms with Crippen LogP contribution >= 0.6 is 0 Å². The summed E-state index contributed by atoms with van der Waals surface area (Å²) in [6.07, 6.45) is 1.44. The Balaban J connectivity index is 2.05. The molecule has 1 aromatic carbocycles. The normalized spacial score (nSPS) is 20.8. The van der Waals surface area contributed by atoms with Crippen LogP contribution in [0.3, 0.4) is 0 Å². The highest BCUT2D eigenvalue weighted by atomic mass is 32.2. The van der Waals surface area contributed by atoms with E-state index in [9.17, 15) is 18.0 Å². The molecule has 3 atom stereocenters. The number of morpholine rings is 1. The van der Waals surface area contributed by atoms with Gasteiger partial charge in [-0.05, 0) is 51.6 Å². The number of hydrogen-bond acceptors (Lipinski definition) is 7. The molecule has 1 heterocycles. The topological polar surface area (TPSA) is 111 Å². The average molecular weight is 441 g/mol. The number of nitrogens with one attached hydrogen (secondary N) is 1. The van der Waals surface area contributed by atoms with Crippen LogP contribution in [0.25, 0.3) is 6.08 Å². The summed E-state index contributed by atoms with van der Waals surface area (Å²) in [5.41, 5.74) is 0.455. The number of nitrogens with zero attached hydrogens (tertiary/aromatic N) is 1. The first-order valence-corrected chi connectivity index (χ1v) is 11.0.